The molecule has 15 heavy (non-hydrogen) atoms. The molecule has 0 fully saturated rings. The highest BCUT2D eigenvalue weighted by molar-refractivity contribution is 5.76. The van der Waals surface area contributed by atoms with E-state index in [-0.39, 0.29) is 24.4 Å². The number of hydrogen-bond donors (Lipinski definition) is 0. The van der Waals surface area contributed by atoms with Crippen LogP contribution < -0.4 is 0 Å². The zero-order valence-corrected chi connectivity index (χ0v) is 9.94. The van der Waals surface area contributed by atoms with Gasteiger partial charge in [-0.15, -0.1) is 0 Å². The molecule has 0 aromatic heterocycles. The first-order chi connectivity index (χ1) is 6.92. The third-order valence-corrected chi connectivity index (χ3v) is 1.34. The van der Waals surface area contributed by atoms with E-state index in [0.717, 1.165) is 6.42 Å². The number of carbonyl (C=O) groups excluding carboxylic acids is 1. The fraction of sp³-hybridized carbons (Fsp3) is 0.615. The minimum Gasteiger partial charge on any atom is -0.361 e. The summed E-state index contributed by atoms with van der Waals surface area (Å²) in [5.74, 6) is 11.2. The number of hydrogen-bond acceptors (Lipinski definition) is 2. The van der Waals surface area contributed by atoms with Crippen molar-refractivity contribution in [2.75, 3.05) is 13.2 Å². The van der Waals surface area contributed by atoms with E-state index in [2.05, 4.69) is 44.5 Å². The van der Waals surface area contributed by atoms with Crippen LogP contribution in [0.4, 0.5) is 0 Å². The molecule has 0 heterocycles. The van der Waals surface area contributed by atoms with Crippen LogP contribution in [0.15, 0.2) is 0 Å². The predicted octanol–water partition coefficient (Wildman–Crippen LogP) is 2.04. The van der Waals surface area contributed by atoms with E-state index in [1.807, 2.05) is 0 Å². The topological polar surface area (TPSA) is 26.3 Å². The molecule has 0 unspecified atom stereocenters. The Labute approximate surface area is 92.4 Å². The lowest BCUT2D eigenvalue weighted by Crippen LogP contribution is -2.03. The third kappa shape index (κ3) is 12.8. The Hall–Kier alpha value is -1.25. The van der Waals surface area contributed by atoms with Crippen molar-refractivity contribution in [2.45, 2.75) is 34.1 Å². The summed E-state index contributed by atoms with van der Waals surface area (Å²) in [6, 6.07) is 0. The Kier molecular flexibility index (Phi) is 6.50. The maximum Gasteiger partial charge on any atom is 0.155 e. The maximum absolute atomic E-state index is 10.5. The molecule has 0 saturated carbocycles. The summed E-state index contributed by atoms with van der Waals surface area (Å²) in [4.78, 5) is 10.5. The van der Waals surface area contributed by atoms with Crippen molar-refractivity contribution in [3.8, 4) is 23.7 Å². The molecule has 0 atom stereocenters. The van der Waals surface area contributed by atoms with Gasteiger partial charge in [-0.1, -0.05) is 32.6 Å². The monoisotopic (exact) mass is 206 g/mol. The zero-order chi connectivity index (χ0) is 11.7. The van der Waals surface area contributed by atoms with Crippen molar-refractivity contribution < 1.29 is 9.53 Å². The Morgan fingerprint density at radius 2 is 1.80 bits per heavy atom. The summed E-state index contributed by atoms with van der Waals surface area (Å²) >= 11 is 0. The van der Waals surface area contributed by atoms with Gasteiger partial charge < -0.3 is 4.74 Å². The molecule has 0 N–H and O–H groups in total. The maximum atomic E-state index is 10.5. The van der Waals surface area contributed by atoms with Crippen molar-refractivity contribution in [1.82, 2.24) is 0 Å². The summed E-state index contributed by atoms with van der Waals surface area (Å²) in [6.45, 7) is 8.27. The fourth-order valence-electron chi connectivity index (χ4n) is 0.680. The standard InChI is InChI=1S/C13H18O2/c1-12(14)11-15-10-8-6-5-7-9-13(2,3)4/h9-11H2,1-4H3. The van der Waals surface area contributed by atoms with Crippen molar-refractivity contribution >= 4 is 5.78 Å². The van der Waals surface area contributed by atoms with E-state index in [0.29, 0.717) is 0 Å². The summed E-state index contributed by atoms with van der Waals surface area (Å²) in [5, 5.41) is 0. The van der Waals surface area contributed by atoms with Crippen molar-refractivity contribution in [2.24, 2.45) is 5.41 Å². The van der Waals surface area contributed by atoms with E-state index in [9.17, 15) is 4.79 Å². The van der Waals surface area contributed by atoms with Crippen LogP contribution in [-0.4, -0.2) is 19.0 Å². The van der Waals surface area contributed by atoms with Gasteiger partial charge in [0.2, 0.25) is 0 Å². The second kappa shape index (κ2) is 7.10. The van der Waals surface area contributed by atoms with Crippen LogP contribution in [0.1, 0.15) is 34.1 Å². The van der Waals surface area contributed by atoms with Gasteiger partial charge in [0.15, 0.2) is 5.78 Å². The Morgan fingerprint density at radius 1 is 1.20 bits per heavy atom. The second-order valence-electron chi connectivity index (χ2n) is 4.54. The average Bonchev–Trinajstić information content (AvgIpc) is 2.07. The molecule has 0 aromatic carbocycles. The number of ether oxygens (including phenoxy) is 1. The van der Waals surface area contributed by atoms with Crippen LogP contribution >= 0.6 is 0 Å². The lowest BCUT2D eigenvalue weighted by atomic mass is 9.93. The van der Waals surface area contributed by atoms with Crippen LogP contribution in [0.25, 0.3) is 0 Å². The van der Waals surface area contributed by atoms with Crippen molar-refractivity contribution in [3.05, 3.63) is 0 Å². The molecule has 0 amide bonds. The molecule has 0 saturated heterocycles. The van der Waals surface area contributed by atoms with Crippen LogP contribution in [0.3, 0.4) is 0 Å². The molecule has 0 radical (unpaired) electrons. The first kappa shape index (κ1) is 13.8. The van der Waals surface area contributed by atoms with E-state index in [1.54, 1.807) is 0 Å². The highest BCUT2D eigenvalue weighted by atomic mass is 16.5. The molecule has 0 bridgehead atoms. The minimum atomic E-state index is 0.00983. The summed E-state index contributed by atoms with van der Waals surface area (Å²) in [5.41, 5.74) is 0.222. The molecule has 0 spiro atoms. The number of ketones is 1. The Balaban J connectivity index is 3.66. The lowest BCUT2D eigenvalue weighted by Gasteiger charge is -2.12. The molecular weight excluding hydrogens is 188 g/mol. The second-order valence-corrected chi connectivity index (χ2v) is 4.54. The SMILES string of the molecule is CC(=O)COCC#CC#CCC(C)(C)C. The van der Waals surface area contributed by atoms with Crippen molar-refractivity contribution in [3.63, 3.8) is 0 Å². The Morgan fingerprint density at radius 3 is 2.33 bits per heavy atom. The number of rotatable bonds is 3. The fourth-order valence-corrected chi connectivity index (χ4v) is 0.680. The summed E-state index contributed by atoms with van der Waals surface area (Å²) in [6.07, 6.45) is 0.829. The summed E-state index contributed by atoms with van der Waals surface area (Å²) in [7, 11) is 0. The van der Waals surface area contributed by atoms with E-state index in [1.165, 1.54) is 6.92 Å². The highest BCUT2D eigenvalue weighted by Crippen LogP contribution is 2.16. The van der Waals surface area contributed by atoms with Crippen LogP contribution in [0, 0.1) is 29.1 Å². The molecular formula is C13H18O2. The van der Waals surface area contributed by atoms with Gasteiger partial charge in [-0.2, -0.15) is 0 Å². The van der Waals surface area contributed by atoms with E-state index >= 15 is 0 Å². The highest BCUT2D eigenvalue weighted by Gasteiger charge is 2.06. The molecule has 0 aromatic rings. The van der Waals surface area contributed by atoms with Gasteiger partial charge >= 0.3 is 0 Å². The van der Waals surface area contributed by atoms with Crippen molar-refractivity contribution in [1.29, 1.82) is 0 Å². The molecule has 0 aliphatic heterocycles. The van der Waals surface area contributed by atoms with Gasteiger partial charge in [-0.05, 0) is 24.2 Å². The predicted molar refractivity (Wildman–Crippen MR) is 61.1 cm³/mol. The molecule has 2 heteroatoms. The Bertz CT molecular complexity index is 312. The average molecular weight is 206 g/mol. The molecule has 0 aliphatic carbocycles. The van der Waals surface area contributed by atoms with E-state index < -0.39 is 0 Å². The number of Topliss-reactive ketones (excluding diaryl/α,β-unsaturated/α-hetero) is 1. The van der Waals surface area contributed by atoms with Crippen LogP contribution in [0.2, 0.25) is 0 Å². The molecule has 0 aliphatic rings. The van der Waals surface area contributed by atoms with Gasteiger partial charge in [0.05, 0.1) is 0 Å². The van der Waals surface area contributed by atoms with Gasteiger partial charge in [-0.3, -0.25) is 4.79 Å². The molecule has 0 rings (SSSR count). The normalized spacial score (nSPS) is 9.60. The van der Waals surface area contributed by atoms with Gasteiger partial charge in [0.1, 0.15) is 13.2 Å². The van der Waals surface area contributed by atoms with Crippen LogP contribution in [0.5, 0.6) is 0 Å². The number of carbonyl (C=O) groups is 1. The quantitative estimate of drug-likeness (QED) is 0.521. The first-order valence-corrected chi connectivity index (χ1v) is 4.95. The van der Waals surface area contributed by atoms with Gasteiger partial charge in [0.25, 0.3) is 0 Å². The first-order valence-electron chi connectivity index (χ1n) is 4.95. The smallest absolute Gasteiger partial charge is 0.155 e. The summed E-state index contributed by atoms with van der Waals surface area (Å²) < 4.78 is 4.95. The molecule has 2 nitrogen and oxygen atoms in total. The third-order valence-electron chi connectivity index (χ3n) is 1.34. The molecule has 82 valence electrons. The van der Waals surface area contributed by atoms with Crippen LogP contribution in [-0.2, 0) is 9.53 Å². The minimum absolute atomic E-state index is 0.00983. The largest absolute Gasteiger partial charge is 0.361 e. The van der Waals surface area contributed by atoms with Gasteiger partial charge in [-0.25, -0.2) is 0 Å². The lowest BCUT2D eigenvalue weighted by molar-refractivity contribution is -0.120. The zero-order valence-electron chi connectivity index (χ0n) is 9.94. The van der Waals surface area contributed by atoms with Gasteiger partial charge in [0, 0.05) is 6.42 Å². The van der Waals surface area contributed by atoms with E-state index in [4.69, 9.17) is 4.74 Å².